The lowest BCUT2D eigenvalue weighted by Crippen LogP contribution is -2.44. The van der Waals surface area contributed by atoms with Crippen LogP contribution >= 0.6 is 0 Å². The Balaban J connectivity index is 2.06. The number of amides is 1. The highest BCUT2D eigenvalue weighted by atomic mass is 19.1. The summed E-state index contributed by atoms with van der Waals surface area (Å²) >= 11 is 0. The minimum Gasteiger partial charge on any atom is -0.465 e. The van der Waals surface area contributed by atoms with Crippen LogP contribution in [0, 0.1) is 17.1 Å². The Hall–Kier alpha value is -2.29. The molecule has 1 aromatic rings. The van der Waals surface area contributed by atoms with Gasteiger partial charge >= 0.3 is 6.09 Å². The number of benzene rings is 1. The number of nitrogens with zero attached hydrogens (tertiary/aromatic N) is 2. The number of carbonyl (C=O) groups is 1. The molecule has 5 nitrogen and oxygen atoms in total. The van der Waals surface area contributed by atoms with Gasteiger partial charge in [-0.1, -0.05) is 0 Å². The molecule has 1 fully saturated rings. The minimum atomic E-state index is -1.02. The van der Waals surface area contributed by atoms with Crippen LogP contribution < -0.4 is 10.2 Å². The number of halogens is 1. The van der Waals surface area contributed by atoms with Crippen LogP contribution in [0.5, 0.6) is 0 Å². The van der Waals surface area contributed by atoms with E-state index in [4.69, 9.17) is 10.4 Å². The number of carboxylic acid groups (broad SMARTS) is 1. The van der Waals surface area contributed by atoms with E-state index < -0.39 is 11.9 Å². The van der Waals surface area contributed by atoms with Crippen LogP contribution in [-0.4, -0.2) is 30.3 Å². The zero-order valence-corrected chi connectivity index (χ0v) is 10.3. The fourth-order valence-corrected chi connectivity index (χ4v) is 2.31. The van der Waals surface area contributed by atoms with E-state index in [0.29, 0.717) is 37.2 Å². The Bertz CT molecular complexity index is 519. The summed E-state index contributed by atoms with van der Waals surface area (Å²) in [6.07, 6.45) is 0.334. The molecule has 6 heteroatoms. The molecule has 2 N–H and O–H groups in total. The first-order valence-electron chi connectivity index (χ1n) is 6.04. The van der Waals surface area contributed by atoms with Crippen LogP contribution in [0.1, 0.15) is 18.4 Å². The number of hydrogen-bond acceptors (Lipinski definition) is 3. The topological polar surface area (TPSA) is 76.4 Å². The van der Waals surface area contributed by atoms with Gasteiger partial charge in [-0.2, -0.15) is 5.26 Å². The van der Waals surface area contributed by atoms with Crippen LogP contribution in [0.15, 0.2) is 18.2 Å². The van der Waals surface area contributed by atoms with E-state index in [1.54, 1.807) is 6.07 Å². The molecule has 0 aromatic heterocycles. The van der Waals surface area contributed by atoms with Gasteiger partial charge in [0.1, 0.15) is 11.9 Å². The van der Waals surface area contributed by atoms with E-state index in [2.05, 4.69) is 5.32 Å². The maximum absolute atomic E-state index is 13.1. The fourth-order valence-electron chi connectivity index (χ4n) is 2.31. The van der Waals surface area contributed by atoms with Gasteiger partial charge in [0.2, 0.25) is 0 Å². The molecule has 1 amide bonds. The molecule has 2 rings (SSSR count). The normalized spacial score (nSPS) is 15.9. The van der Waals surface area contributed by atoms with Gasteiger partial charge in [-0.05, 0) is 31.0 Å². The predicted octanol–water partition coefficient (Wildman–Crippen LogP) is 1.93. The molecule has 1 heterocycles. The van der Waals surface area contributed by atoms with Gasteiger partial charge in [-0.15, -0.1) is 0 Å². The summed E-state index contributed by atoms with van der Waals surface area (Å²) in [5.41, 5.74) is 1.02. The molecule has 0 unspecified atom stereocenters. The molecular formula is C13H14FN3O2. The van der Waals surface area contributed by atoms with Crippen molar-refractivity contribution in [1.82, 2.24) is 5.32 Å². The lowest BCUT2D eigenvalue weighted by Gasteiger charge is -2.33. The van der Waals surface area contributed by atoms with Crippen molar-refractivity contribution >= 4 is 11.8 Å². The molecule has 1 aliphatic rings. The smallest absolute Gasteiger partial charge is 0.404 e. The van der Waals surface area contributed by atoms with Crippen LogP contribution in [0.25, 0.3) is 0 Å². The molecule has 1 aliphatic heterocycles. The van der Waals surface area contributed by atoms with Crippen LogP contribution in [-0.2, 0) is 0 Å². The average Bonchev–Trinajstić information content (AvgIpc) is 2.39. The number of nitrogens with one attached hydrogen (secondary N) is 1. The third kappa shape index (κ3) is 3.13. The van der Waals surface area contributed by atoms with Crippen molar-refractivity contribution in [2.24, 2.45) is 0 Å². The number of anilines is 1. The average molecular weight is 263 g/mol. The Morgan fingerprint density at radius 1 is 1.47 bits per heavy atom. The van der Waals surface area contributed by atoms with Crippen molar-refractivity contribution in [3.05, 3.63) is 29.6 Å². The van der Waals surface area contributed by atoms with Crippen molar-refractivity contribution in [2.45, 2.75) is 18.9 Å². The molecular weight excluding hydrogens is 249 g/mol. The standard InChI is InChI=1S/C13H14FN3O2/c14-10-1-2-12(9(7-10)8-15)17-5-3-11(4-6-17)16-13(18)19/h1-2,7,11,16H,3-6H2,(H,18,19). The van der Waals surface area contributed by atoms with Gasteiger partial charge in [0.15, 0.2) is 0 Å². The number of hydrogen-bond donors (Lipinski definition) is 2. The number of piperidine rings is 1. The molecule has 0 spiro atoms. The second-order valence-corrected chi connectivity index (χ2v) is 4.48. The highest BCUT2D eigenvalue weighted by Crippen LogP contribution is 2.24. The monoisotopic (exact) mass is 263 g/mol. The van der Waals surface area contributed by atoms with Gasteiger partial charge < -0.3 is 15.3 Å². The minimum absolute atomic E-state index is 0.0558. The SMILES string of the molecule is N#Cc1cc(F)ccc1N1CCC(NC(=O)O)CC1. The largest absolute Gasteiger partial charge is 0.465 e. The predicted molar refractivity (Wildman–Crippen MR) is 67.5 cm³/mol. The maximum atomic E-state index is 13.1. The molecule has 0 saturated carbocycles. The third-order valence-corrected chi connectivity index (χ3v) is 3.24. The Morgan fingerprint density at radius 2 is 2.16 bits per heavy atom. The second kappa shape index (κ2) is 5.57. The maximum Gasteiger partial charge on any atom is 0.404 e. The summed E-state index contributed by atoms with van der Waals surface area (Å²) in [5.74, 6) is -0.428. The molecule has 0 atom stereocenters. The lowest BCUT2D eigenvalue weighted by molar-refractivity contribution is 0.187. The van der Waals surface area contributed by atoms with Gasteiger partial charge in [0, 0.05) is 19.1 Å². The Kier molecular flexibility index (Phi) is 3.85. The molecule has 0 radical (unpaired) electrons. The molecule has 19 heavy (non-hydrogen) atoms. The van der Waals surface area contributed by atoms with Crippen molar-refractivity contribution in [3.63, 3.8) is 0 Å². The molecule has 0 aliphatic carbocycles. The molecule has 1 saturated heterocycles. The van der Waals surface area contributed by atoms with E-state index in [1.807, 2.05) is 11.0 Å². The summed E-state index contributed by atoms with van der Waals surface area (Å²) in [6.45, 7) is 1.29. The van der Waals surface area contributed by atoms with Gasteiger partial charge in [0.25, 0.3) is 0 Å². The van der Waals surface area contributed by atoms with Crippen molar-refractivity contribution in [2.75, 3.05) is 18.0 Å². The van der Waals surface area contributed by atoms with Crippen LogP contribution in [0.4, 0.5) is 14.9 Å². The summed E-state index contributed by atoms with van der Waals surface area (Å²) < 4.78 is 13.1. The summed E-state index contributed by atoms with van der Waals surface area (Å²) in [4.78, 5) is 12.5. The highest BCUT2D eigenvalue weighted by molar-refractivity contribution is 5.65. The molecule has 1 aromatic carbocycles. The molecule has 100 valence electrons. The third-order valence-electron chi connectivity index (χ3n) is 3.24. The molecule has 0 bridgehead atoms. The lowest BCUT2D eigenvalue weighted by atomic mass is 10.0. The zero-order chi connectivity index (χ0) is 13.8. The summed E-state index contributed by atoms with van der Waals surface area (Å²) in [7, 11) is 0. The fraction of sp³-hybridized carbons (Fsp3) is 0.385. The van der Waals surface area contributed by atoms with Gasteiger partial charge in [0.05, 0.1) is 11.3 Å². The number of nitriles is 1. The van der Waals surface area contributed by atoms with Crippen LogP contribution in [0.2, 0.25) is 0 Å². The van der Waals surface area contributed by atoms with Crippen molar-refractivity contribution < 1.29 is 14.3 Å². The first-order chi connectivity index (χ1) is 9.10. The van der Waals surface area contributed by atoms with Crippen molar-refractivity contribution in [3.8, 4) is 6.07 Å². The number of rotatable bonds is 2. The van der Waals surface area contributed by atoms with E-state index in [1.165, 1.54) is 12.1 Å². The van der Waals surface area contributed by atoms with E-state index in [9.17, 15) is 9.18 Å². The summed E-state index contributed by atoms with van der Waals surface area (Å²) in [5, 5.41) is 20.1. The first-order valence-corrected chi connectivity index (χ1v) is 6.04. The van der Waals surface area contributed by atoms with Crippen LogP contribution in [0.3, 0.4) is 0 Å². The van der Waals surface area contributed by atoms with E-state index in [-0.39, 0.29) is 6.04 Å². The summed E-state index contributed by atoms with van der Waals surface area (Å²) in [6, 6.07) is 6.08. The Morgan fingerprint density at radius 3 is 2.74 bits per heavy atom. The van der Waals surface area contributed by atoms with Gasteiger partial charge in [-0.3, -0.25) is 0 Å². The van der Waals surface area contributed by atoms with Crippen molar-refractivity contribution in [1.29, 1.82) is 5.26 Å². The second-order valence-electron chi connectivity index (χ2n) is 4.48. The zero-order valence-electron chi connectivity index (χ0n) is 10.3. The quantitative estimate of drug-likeness (QED) is 0.854. The van der Waals surface area contributed by atoms with E-state index in [0.717, 1.165) is 0 Å². The Labute approximate surface area is 110 Å². The first kappa shape index (κ1) is 13.1. The van der Waals surface area contributed by atoms with E-state index >= 15 is 0 Å². The highest BCUT2D eigenvalue weighted by Gasteiger charge is 2.22. The van der Waals surface area contributed by atoms with Gasteiger partial charge in [-0.25, -0.2) is 9.18 Å².